The van der Waals surface area contributed by atoms with E-state index in [1.54, 1.807) is 42.5 Å². The summed E-state index contributed by atoms with van der Waals surface area (Å²) in [7, 11) is 6.83. The SMILES string of the molecule is CCOc1ccc(C(O)=C2C(=O)C(=O)N(CCN(C)C)C2c2cc(OC)ccc2OC)cc1. The van der Waals surface area contributed by atoms with Crippen LogP contribution in [0.15, 0.2) is 48.0 Å². The van der Waals surface area contributed by atoms with Gasteiger partial charge in [-0.1, -0.05) is 0 Å². The number of ketones is 1. The summed E-state index contributed by atoms with van der Waals surface area (Å²) in [6.45, 7) is 3.23. The molecule has 0 saturated carbocycles. The van der Waals surface area contributed by atoms with Crippen molar-refractivity contribution in [2.45, 2.75) is 13.0 Å². The van der Waals surface area contributed by atoms with E-state index in [4.69, 9.17) is 14.2 Å². The van der Waals surface area contributed by atoms with Crippen molar-refractivity contribution in [2.75, 3.05) is 48.0 Å². The van der Waals surface area contributed by atoms with Crippen LogP contribution in [0.1, 0.15) is 24.1 Å². The average Bonchev–Trinajstić information content (AvgIpc) is 3.07. The Kier molecular flexibility index (Phi) is 7.60. The minimum atomic E-state index is -0.832. The van der Waals surface area contributed by atoms with Crippen LogP contribution in [-0.4, -0.2) is 74.6 Å². The summed E-state index contributed by atoms with van der Waals surface area (Å²) >= 11 is 0. The summed E-state index contributed by atoms with van der Waals surface area (Å²) in [6.07, 6.45) is 0. The number of methoxy groups -OCH3 is 2. The largest absolute Gasteiger partial charge is 0.507 e. The molecule has 1 unspecified atom stereocenters. The molecule has 1 heterocycles. The first-order valence-corrected chi connectivity index (χ1v) is 10.7. The number of amides is 1. The molecule has 176 valence electrons. The van der Waals surface area contributed by atoms with E-state index in [9.17, 15) is 14.7 Å². The molecule has 2 aromatic carbocycles. The highest BCUT2D eigenvalue weighted by Crippen LogP contribution is 2.43. The number of nitrogens with zero attached hydrogens (tertiary/aromatic N) is 2. The first-order chi connectivity index (χ1) is 15.8. The molecule has 33 heavy (non-hydrogen) atoms. The van der Waals surface area contributed by atoms with Crippen molar-refractivity contribution in [2.24, 2.45) is 0 Å². The normalized spacial score (nSPS) is 17.5. The highest BCUT2D eigenvalue weighted by molar-refractivity contribution is 6.46. The minimum absolute atomic E-state index is 0.00877. The van der Waals surface area contributed by atoms with Crippen LogP contribution < -0.4 is 14.2 Å². The van der Waals surface area contributed by atoms with Crippen molar-refractivity contribution in [1.29, 1.82) is 0 Å². The van der Waals surface area contributed by atoms with Gasteiger partial charge in [-0.2, -0.15) is 0 Å². The number of aliphatic hydroxyl groups excluding tert-OH is 1. The number of ether oxygens (including phenoxy) is 3. The van der Waals surface area contributed by atoms with E-state index in [1.807, 2.05) is 25.9 Å². The molecule has 0 spiro atoms. The van der Waals surface area contributed by atoms with E-state index in [0.29, 0.717) is 48.1 Å². The zero-order chi connectivity index (χ0) is 24.1. The minimum Gasteiger partial charge on any atom is -0.507 e. The number of carbonyl (C=O) groups excluding carboxylic acids is 2. The van der Waals surface area contributed by atoms with Gasteiger partial charge in [-0.15, -0.1) is 0 Å². The fourth-order valence-corrected chi connectivity index (χ4v) is 3.83. The lowest BCUT2D eigenvalue weighted by molar-refractivity contribution is -0.140. The maximum absolute atomic E-state index is 13.2. The summed E-state index contributed by atoms with van der Waals surface area (Å²) in [6, 6.07) is 11.1. The standard InChI is InChI=1S/C25H30N2O6/c1-6-33-17-9-7-16(8-10-17)23(28)21-22(19-15-18(31-4)11-12-20(19)32-5)27(14-13-26(2)3)25(30)24(21)29/h7-12,15,22,28H,6,13-14H2,1-5H3. The van der Waals surface area contributed by atoms with Crippen LogP contribution in [0, 0.1) is 0 Å². The molecule has 8 heteroatoms. The van der Waals surface area contributed by atoms with Crippen LogP contribution in [0.3, 0.4) is 0 Å². The number of carbonyl (C=O) groups is 2. The number of hydrogen-bond donors (Lipinski definition) is 1. The summed E-state index contributed by atoms with van der Waals surface area (Å²) in [4.78, 5) is 29.6. The number of Topliss-reactive ketones (excluding diaryl/α,β-unsaturated/α-hetero) is 1. The third-order valence-electron chi connectivity index (χ3n) is 5.50. The molecule has 0 bridgehead atoms. The monoisotopic (exact) mass is 454 g/mol. The fourth-order valence-electron chi connectivity index (χ4n) is 3.83. The molecule has 1 aliphatic heterocycles. The van der Waals surface area contributed by atoms with E-state index in [1.165, 1.54) is 19.1 Å². The molecule has 0 aromatic heterocycles. The summed E-state index contributed by atoms with van der Waals surface area (Å²) in [5.41, 5.74) is 0.979. The van der Waals surface area contributed by atoms with Crippen LogP contribution in [0.2, 0.25) is 0 Å². The molecule has 0 radical (unpaired) electrons. The molecule has 1 atom stereocenters. The van der Waals surface area contributed by atoms with E-state index in [0.717, 1.165) is 0 Å². The average molecular weight is 455 g/mol. The molecule has 0 aliphatic carbocycles. The Bertz CT molecular complexity index is 1050. The molecule has 1 saturated heterocycles. The topological polar surface area (TPSA) is 88.5 Å². The van der Waals surface area contributed by atoms with E-state index in [-0.39, 0.29) is 11.3 Å². The Morgan fingerprint density at radius 3 is 2.27 bits per heavy atom. The van der Waals surface area contributed by atoms with Crippen molar-refractivity contribution in [1.82, 2.24) is 9.80 Å². The molecule has 3 rings (SSSR count). The highest BCUT2D eigenvalue weighted by Gasteiger charge is 2.47. The van der Waals surface area contributed by atoms with Crippen LogP contribution in [0.5, 0.6) is 17.2 Å². The maximum atomic E-state index is 13.2. The lowest BCUT2D eigenvalue weighted by atomic mass is 9.94. The Morgan fingerprint density at radius 1 is 1.03 bits per heavy atom. The highest BCUT2D eigenvalue weighted by atomic mass is 16.5. The van der Waals surface area contributed by atoms with Crippen molar-refractivity contribution in [3.63, 3.8) is 0 Å². The van der Waals surface area contributed by atoms with Gasteiger partial charge in [0.1, 0.15) is 23.0 Å². The van der Waals surface area contributed by atoms with Gasteiger partial charge in [0.2, 0.25) is 0 Å². The predicted octanol–water partition coefficient (Wildman–Crippen LogP) is 3.09. The van der Waals surface area contributed by atoms with Crippen molar-refractivity contribution >= 4 is 17.4 Å². The lowest BCUT2D eigenvalue weighted by Gasteiger charge is -2.28. The first-order valence-electron chi connectivity index (χ1n) is 10.7. The molecule has 1 fully saturated rings. The van der Waals surface area contributed by atoms with Crippen molar-refractivity contribution in [3.05, 3.63) is 59.2 Å². The Hall–Kier alpha value is -3.52. The number of likely N-dealkylation sites (tertiary alicyclic amines) is 1. The fraction of sp³-hybridized carbons (Fsp3) is 0.360. The number of hydrogen-bond acceptors (Lipinski definition) is 7. The van der Waals surface area contributed by atoms with Gasteiger partial charge in [0.15, 0.2) is 0 Å². The Labute approximate surface area is 194 Å². The maximum Gasteiger partial charge on any atom is 0.295 e. The molecule has 1 N–H and O–H groups in total. The summed E-state index contributed by atoms with van der Waals surface area (Å²) in [5.74, 6) is 0.0135. The van der Waals surface area contributed by atoms with Crippen LogP contribution in [0.25, 0.3) is 5.76 Å². The Balaban J connectivity index is 2.19. The van der Waals surface area contributed by atoms with Gasteiger partial charge < -0.3 is 29.1 Å². The van der Waals surface area contributed by atoms with Gasteiger partial charge in [-0.3, -0.25) is 9.59 Å². The molecular weight excluding hydrogens is 424 g/mol. The van der Waals surface area contributed by atoms with E-state index < -0.39 is 17.7 Å². The van der Waals surface area contributed by atoms with Gasteiger partial charge in [-0.25, -0.2) is 0 Å². The lowest BCUT2D eigenvalue weighted by Crippen LogP contribution is -2.35. The zero-order valence-corrected chi connectivity index (χ0v) is 19.6. The number of benzene rings is 2. The summed E-state index contributed by atoms with van der Waals surface area (Å²) in [5, 5.41) is 11.2. The summed E-state index contributed by atoms with van der Waals surface area (Å²) < 4.78 is 16.4. The molecule has 2 aromatic rings. The number of rotatable bonds is 9. The number of aliphatic hydroxyl groups is 1. The van der Waals surface area contributed by atoms with E-state index >= 15 is 0 Å². The second-order valence-electron chi connectivity index (χ2n) is 7.86. The van der Waals surface area contributed by atoms with Gasteiger partial charge in [0.05, 0.1) is 32.4 Å². The van der Waals surface area contributed by atoms with Gasteiger partial charge in [-0.05, 0) is 63.5 Å². The third-order valence-corrected chi connectivity index (χ3v) is 5.50. The second-order valence-corrected chi connectivity index (χ2v) is 7.86. The van der Waals surface area contributed by atoms with Crippen LogP contribution >= 0.6 is 0 Å². The molecule has 8 nitrogen and oxygen atoms in total. The second kappa shape index (κ2) is 10.4. The third kappa shape index (κ3) is 4.96. The van der Waals surface area contributed by atoms with Gasteiger partial charge in [0, 0.05) is 24.2 Å². The smallest absolute Gasteiger partial charge is 0.295 e. The predicted molar refractivity (Wildman–Crippen MR) is 125 cm³/mol. The van der Waals surface area contributed by atoms with Crippen LogP contribution in [-0.2, 0) is 9.59 Å². The quantitative estimate of drug-likeness (QED) is 0.354. The van der Waals surface area contributed by atoms with Crippen molar-refractivity contribution in [3.8, 4) is 17.2 Å². The van der Waals surface area contributed by atoms with E-state index in [2.05, 4.69) is 0 Å². The first kappa shape index (κ1) is 24.1. The van der Waals surface area contributed by atoms with Crippen LogP contribution in [0.4, 0.5) is 0 Å². The number of likely N-dealkylation sites (N-methyl/N-ethyl adjacent to an activating group) is 1. The molecule has 1 aliphatic rings. The van der Waals surface area contributed by atoms with Crippen molar-refractivity contribution < 1.29 is 28.9 Å². The van der Waals surface area contributed by atoms with Gasteiger partial charge >= 0.3 is 0 Å². The molecular formula is C25H30N2O6. The Morgan fingerprint density at radius 2 is 1.70 bits per heavy atom. The van der Waals surface area contributed by atoms with Gasteiger partial charge in [0.25, 0.3) is 11.7 Å². The molecule has 1 amide bonds. The zero-order valence-electron chi connectivity index (χ0n) is 19.6.